The number of halogens is 1. The zero-order valence-corrected chi connectivity index (χ0v) is 10.5. The molecule has 0 aliphatic carbocycles. The number of hydrogen-bond acceptors (Lipinski definition) is 1. The first-order chi connectivity index (χ1) is 7.11. The molecule has 0 saturated heterocycles. The second-order valence-corrected chi connectivity index (χ2v) is 4.26. The molecule has 1 aromatic carbocycles. The van der Waals surface area contributed by atoms with Gasteiger partial charge in [0, 0.05) is 16.8 Å². The number of nitrogens with one attached hydrogen (secondary N) is 2. The molecule has 1 atom stereocenters. The van der Waals surface area contributed by atoms with Gasteiger partial charge >= 0.3 is 0 Å². The van der Waals surface area contributed by atoms with Crippen LogP contribution in [0, 0.1) is 0 Å². The first kappa shape index (κ1) is 12.3. The Bertz CT molecular complexity index is 324. The van der Waals surface area contributed by atoms with Crippen LogP contribution in [0.25, 0.3) is 0 Å². The van der Waals surface area contributed by atoms with Crippen molar-refractivity contribution in [1.82, 2.24) is 5.32 Å². The van der Waals surface area contributed by atoms with E-state index < -0.39 is 0 Å². The molecule has 2 nitrogen and oxygen atoms in total. The van der Waals surface area contributed by atoms with E-state index in [0.717, 1.165) is 17.1 Å². The quantitative estimate of drug-likeness (QED) is 0.795. The lowest BCUT2D eigenvalue weighted by molar-refractivity contribution is 0.646. The van der Waals surface area contributed by atoms with Crippen molar-refractivity contribution >= 4 is 34.6 Å². The van der Waals surface area contributed by atoms with Crippen molar-refractivity contribution in [2.45, 2.75) is 26.3 Å². The highest BCUT2D eigenvalue weighted by molar-refractivity contribution is 7.80. The van der Waals surface area contributed by atoms with E-state index in [1.807, 2.05) is 24.3 Å². The summed E-state index contributed by atoms with van der Waals surface area (Å²) >= 11 is 10.9. The first-order valence-corrected chi connectivity index (χ1v) is 5.73. The molecule has 82 valence electrons. The van der Waals surface area contributed by atoms with Crippen molar-refractivity contribution in [3.8, 4) is 0 Å². The Morgan fingerprint density at radius 1 is 1.40 bits per heavy atom. The van der Waals surface area contributed by atoms with Crippen LogP contribution < -0.4 is 10.6 Å². The van der Waals surface area contributed by atoms with Crippen molar-refractivity contribution in [1.29, 1.82) is 0 Å². The Hall–Kier alpha value is -0.800. The lowest BCUT2D eigenvalue weighted by Crippen LogP contribution is -2.35. The highest BCUT2D eigenvalue weighted by atomic mass is 35.5. The number of benzene rings is 1. The maximum Gasteiger partial charge on any atom is 0.170 e. The van der Waals surface area contributed by atoms with E-state index >= 15 is 0 Å². The predicted octanol–water partition coefficient (Wildman–Crippen LogP) is 3.42. The maximum absolute atomic E-state index is 5.78. The number of anilines is 1. The second-order valence-electron chi connectivity index (χ2n) is 3.41. The number of thiocarbonyl (C=S) groups is 1. The van der Waals surface area contributed by atoms with Gasteiger partial charge in [-0.3, -0.25) is 0 Å². The van der Waals surface area contributed by atoms with Gasteiger partial charge < -0.3 is 10.6 Å². The van der Waals surface area contributed by atoms with Crippen LogP contribution in [0.15, 0.2) is 24.3 Å². The maximum atomic E-state index is 5.78. The van der Waals surface area contributed by atoms with Gasteiger partial charge in [0.05, 0.1) is 0 Å². The lowest BCUT2D eigenvalue weighted by atomic mass is 10.3. The highest BCUT2D eigenvalue weighted by Crippen LogP contribution is 2.13. The molecule has 0 bridgehead atoms. The van der Waals surface area contributed by atoms with Gasteiger partial charge in [0.25, 0.3) is 0 Å². The molecule has 0 heterocycles. The van der Waals surface area contributed by atoms with E-state index in [1.54, 1.807) is 0 Å². The molecule has 0 saturated carbocycles. The monoisotopic (exact) mass is 242 g/mol. The Morgan fingerprint density at radius 3 is 2.53 bits per heavy atom. The van der Waals surface area contributed by atoms with Crippen molar-refractivity contribution in [2.75, 3.05) is 5.32 Å². The minimum absolute atomic E-state index is 0.386. The van der Waals surface area contributed by atoms with E-state index in [4.69, 9.17) is 23.8 Å². The molecule has 0 amide bonds. The average Bonchev–Trinajstić information content (AvgIpc) is 2.21. The highest BCUT2D eigenvalue weighted by Gasteiger charge is 2.01. The summed E-state index contributed by atoms with van der Waals surface area (Å²) < 4.78 is 0. The van der Waals surface area contributed by atoms with Crippen molar-refractivity contribution in [2.24, 2.45) is 0 Å². The van der Waals surface area contributed by atoms with Crippen LogP contribution in [0.4, 0.5) is 5.69 Å². The molecule has 0 aliphatic rings. The smallest absolute Gasteiger partial charge is 0.170 e. The first-order valence-electron chi connectivity index (χ1n) is 4.95. The molecule has 0 aliphatic heterocycles. The van der Waals surface area contributed by atoms with Crippen molar-refractivity contribution in [3.63, 3.8) is 0 Å². The zero-order valence-electron chi connectivity index (χ0n) is 8.88. The van der Waals surface area contributed by atoms with E-state index in [1.165, 1.54) is 0 Å². The summed E-state index contributed by atoms with van der Waals surface area (Å²) in [5.41, 5.74) is 0.945. The van der Waals surface area contributed by atoms with E-state index in [0.29, 0.717) is 11.2 Å². The molecule has 1 aromatic rings. The topological polar surface area (TPSA) is 24.1 Å². The molecule has 0 spiro atoms. The summed E-state index contributed by atoms with van der Waals surface area (Å²) in [5, 5.41) is 7.64. The number of rotatable bonds is 3. The summed E-state index contributed by atoms with van der Waals surface area (Å²) in [7, 11) is 0. The van der Waals surface area contributed by atoms with Gasteiger partial charge in [0.2, 0.25) is 0 Å². The predicted molar refractivity (Wildman–Crippen MR) is 70.6 cm³/mol. The van der Waals surface area contributed by atoms with Gasteiger partial charge in [-0.2, -0.15) is 0 Å². The summed E-state index contributed by atoms with van der Waals surface area (Å²) in [6.07, 6.45) is 1.04. The average molecular weight is 243 g/mol. The van der Waals surface area contributed by atoms with Crippen molar-refractivity contribution < 1.29 is 0 Å². The Balaban J connectivity index is 2.48. The van der Waals surface area contributed by atoms with Gasteiger partial charge in [-0.15, -0.1) is 0 Å². The Morgan fingerprint density at radius 2 is 2.00 bits per heavy atom. The largest absolute Gasteiger partial charge is 0.360 e. The third kappa shape index (κ3) is 4.49. The molecule has 0 fully saturated rings. The fraction of sp³-hybridized carbons (Fsp3) is 0.364. The van der Waals surface area contributed by atoms with Crippen LogP contribution in [0.2, 0.25) is 5.02 Å². The summed E-state index contributed by atoms with van der Waals surface area (Å²) in [4.78, 5) is 0. The van der Waals surface area contributed by atoms with E-state index in [-0.39, 0.29) is 0 Å². The summed E-state index contributed by atoms with van der Waals surface area (Å²) in [6, 6.07) is 7.84. The van der Waals surface area contributed by atoms with Crippen LogP contribution in [0.1, 0.15) is 20.3 Å². The molecule has 0 aromatic heterocycles. The molecule has 4 heteroatoms. The van der Waals surface area contributed by atoms with Gasteiger partial charge in [-0.1, -0.05) is 18.5 Å². The molecular formula is C11H15ClN2S. The van der Waals surface area contributed by atoms with Crippen LogP contribution in [0.3, 0.4) is 0 Å². The Kier molecular flexibility index (Phi) is 4.85. The van der Waals surface area contributed by atoms with Crippen LogP contribution >= 0.6 is 23.8 Å². The van der Waals surface area contributed by atoms with E-state index in [2.05, 4.69) is 24.5 Å². The lowest BCUT2D eigenvalue weighted by Gasteiger charge is -2.15. The summed E-state index contributed by atoms with van der Waals surface area (Å²) in [6.45, 7) is 4.21. The summed E-state index contributed by atoms with van der Waals surface area (Å²) in [5.74, 6) is 0. The molecular weight excluding hydrogens is 228 g/mol. The third-order valence-corrected chi connectivity index (χ3v) is 2.56. The van der Waals surface area contributed by atoms with Crippen LogP contribution in [-0.4, -0.2) is 11.2 Å². The standard InChI is InChI=1S/C11H15ClN2S/c1-3-8(2)13-11(15)14-10-6-4-9(12)5-7-10/h4-8H,3H2,1-2H3,(H2,13,14,15). The third-order valence-electron chi connectivity index (χ3n) is 2.09. The van der Waals surface area contributed by atoms with Crippen molar-refractivity contribution in [3.05, 3.63) is 29.3 Å². The molecule has 2 N–H and O–H groups in total. The fourth-order valence-electron chi connectivity index (χ4n) is 1.03. The molecule has 0 radical (unpaired) electrons. The molecule has 15 heavy (non-hydrogen) atoms. The van der Waals surface area contributed by atoms with Gasteiger partial charge in [-0.25, -0.2) is 0 Å². The van der Waals surface area contributed by atoms with Gasteiger partial charge in [0.15, 0.2) is 5.11 Å². The van der Waals surface area contributed by atoms with Gasteiger partial charge in [0.1, 0.15) is 0 Å². The zero-order chi connectivity index (χ0) is 11.3. The molecule has 1 rings (SSSR count). The minimum atomic E-state index is 0.386. The SMILES string of the molecule is CCC(C)NC(=S)Nc1ccc(Cl)cc1. The number of hydrogen-bond donors (Lipinski definition) is 2. The molecule has 1 unspecified atom stereocenters. The van der Waals surface area contributed by atoms with E-state index in [9.17, 15) is 0 Å². The minimum Gasteiger partial charge on any atom is -0.360 e. The Labute approximate surface area is 101 Å². The van der Waals surface area contributed by atoms with Crippen LogP contribution in [-0.2, 0) is 0 Å². The normalized spacial score (nSPS) is 11.9. The second kappa shape index (κ2) is 5.93. The van der Waals surface area contributed by atoms with Gasteiger partial charge in [-0.05, 0) is 49.8 Å². The van der Waals surface area contributed by atoms with Crippen LogP contribution in [0.5, 0.6) is 0 Å². The fourth-order valence-corrected chi connectivity index (χ4v) is 1.47.